The predicted octanol–water partition coefficient (Wildman–Crippen LogP) is 1.96. The van der Waals surface area contributed by atoms with Gasteiger partial charge in [0.15, 0.2) is 0 Å². The van der Waals surface area contributed by atoms with Gasteiger partial charge in [-0.3, -0.25) is 0 Å². The normalized spacial score (nSPS) is 11.5. The Bertz CT molecular complexity index is 726. The highest BCUT2D eigenvalue weighted by molar-refractivity contribution is 7.88. The Hall–Kier alpha value is -2.35. The molecule has 0 unspecified atom stereocenters. The summed E-state index contributed by atoms with van der Waals surface area (Å²) in [7, 11) is -6.33. The Morgan fingerprint density at radius 1 is 1.31 bits per heavy atom. The Morgan fingerprint density at radius 3 is 2.27 bits per heavy atom. The summed E-state index contributed by atoms with van der Waals surface area (Å²) >= 11 is 0. The largest absolute Gasteiger partial charge is 0.476 e. The van der Waals surface area contributed by atoms with Gasteiger partial charge in [-0.25, -0.2) is 14.6 Å². The number of aliphatic carboxylic acids is 1. The molecule has 0 aliphatic heterocycles. The minimum absolute atomic E-state index is 0.0808. The summed E-state index contributed by atoms with van der Waals surface area (Å²) in [5.41, 5.74) is 0.336. The summed E-state index contributed by atoms with van der Waals surface area (Å²) < 4.78 is 85.1. The molecule has 148 valence electrons. The lowest BCUT2D eigenvalue weighted by Crippen LogP contribution is -2.34. The molecule has 26 heavy (non-hydrogen) atoms. The number of carboxylic acids is 1. The maximum Gasteiger partial charge on any atom is 0.470 e. The second-order valence-corrected chi connectivity index (χ2v) is 5.45. The Balaban J connectivity index is 0.000000541. The maximum absolute atomic E-state index is 11.8. The van der Waals surface area contributed by atoms with Crippen LogP contribution in [-0.4, -0.2) is 48.9 Å². The number of nitrogens with zero attached hydrogens (tertiary/aromatic N) is 1. The number of carbonyl (C=O) groups excluding carboxylic acids is 1. The molecule has 0 fully saturated rings. The van der Waals surface area contributed by atoms with E-state index in [0.29, 0.717) is 0 Å². The van der Waals surface area contributed by atoms with E-state index >= 15 is 0 Å². The minimum Gasteiger partial charge on any atom is -0.476 e. The molecular weight excluding hydrogens is 397 g/mol. The van der Waals surface area contributed by atoms with Crippen molar-refractivity contribution in [1.82, 2.24) is 4.98 Å². The molecule has 0 aliphatic rings. The monoisotopic (exact) mass is 409 g/mol. The van der Waals surface area contributed by atoms with Gasteiger partial charge in [0.25, 0.3) is 0 Å². The fourth-order valence-electron chi connectivity index (χ4n) is 1.13. The summed E-state index contributed by atoms with van der Waals surface area (Å²) in [4.78, 5) is 24.4. The Labute approximate surface area is 143 Å². The van der Waals surface area contributed by atoms with Crippen LogP contribution in [0.4, 0.5) is 21.4 Å². The van der Waals surface area contributed by atoms with Crippen molar-refractivity contribution >= 4 is 22.2 Å². The summed E-state index contributed by atoms with van der Waals surface area (Å²) in [5.74, 6) is -3.61. The number of hydrogen-bond acceptors (Lipinski definition) is 7. The molecule has 14 heteroatoms. The van der Waals surface area contributed by atoms with E-state index in [1.54, 1.807) is 6.92 Å². The highest BCUT2D eigenvalue weighted by Gasteiger charge is 2.54. The topological polar surface area (TPSA) is 120 Å². The van der Waals surface area contributed by atoms with Crippen LogP contribution in [0, 0.1) is 0 Å². The molecule has 0 spiro atoms. The fourth-order valence-corrected chi connectivity index (χ4v) is 1.34. The van der Waals surface area contributed by atoms with E-state index in [2.05, 4.69) is 9.72 Å². The van der Waals surface area contributed by atoms with Crippen LogP contribution in [-0.2, 0) is 31.1 Å². The molecule has 1 N–H and O–H groups in total. The smallest absolute Gasteiger partial charge is 0.470 e. The Morgan fingerprint density at radius 2 is 1.88 bits per heavy atom. The van der Waals surface area contributed by atoms with Gasteiger partial charge in [0, 0.05) is 0 Å². The molecule has 0 saturated carbocycles. The van der Waals surface area contributed by atoms with E-state index in [0.717, 1.165) is 0 Å². The third-order valence-corrected chi connectivity index (χ3v) is 2.99. The number of pyridine rings is 1. The number of esters is 1. The molecule has 0 amide bonds. The summed E-state index contributed by atoms with van der Waals surface area (Å²) in [6.45, 7) is -1.29. The first kappa shape index (κ1) is 23.6. The minimum atomic E-state index is -6.33. The zero-order chi connectivity index (χ0) is 20.5. The zero-order valence-corrected chi connectivity index (χ0v) is 13.7. The second kappa shape index (κ2) is 9.96. The molecule has 1 aromatic rings. The lowest BCUT2D eigenvalue weighted by molar-refractivity contribution is -0.154. The molecular formula is C12H12F5NO7S. The molecule has 0 saturated heterocycles. The molecule has 0 aliphatic carbocycles. The van der Waals surface area contributed by atoms with Crippen molar-refractivity contribution in [2.75, 3.05) is 6.61 Å². The van der Waals surface area contributed by atoms with E-state index in [-0.39, 0.29) is 24.6 Å². The number of rotatable bonds is 7. The number of alkyl halides is 4. The highest BCUT2D eigenvalue weighted by atomic mass is 32.3. The van der Waals surface area contributed by atoms with Crippen LogP contribution in [0.25, 0.3) is 0 Å². The summed E-state index contributed by atoms with van der Waals surface area (Å²) in [6, 6.07) is 4.47. The third-order valence-electron chi connectivity index (χ3n) is 2.20. The van der Waals surface area contributed by atoms with Crippen LogP contribution in [0.15, 0.2) is 18.2 Å². The summed E-state index contributed by atoms with van der Waals surface area (Å²) in [6.07, 6.45) is 0. The van der Waals surface area contributed by atoms with E-state index in [4.69, 9.17) is 9.84 Å². The van der Waals surface area contributed by atoms with E-state index in [9.17, 15) is 39.5 Å². The lowest BCUT2D eigenvalue weighted by atomic mass is 10.3. The first-order valence-electron chi connectivity index (χ1n) is 6.41. The number of aromatic nitrogens is 1. The van der Waals surface area contributed by atoms with E-state index < -0.39 is 34.0 Å². The second-order valence-electron chi connectivity index (χ2n) is 4.07. The van der Waals surface area contributed by atoms with Crippen LogP contribution >= 0.6 is 0 Å². The molecule has 0 aromatic carbocycles. The van der Waals surface area contributed by atoms with Gasteiger partial charge < -0.3 is 14.6 Å². The van der Waals surface area contributed by atoms with Gasteiger partial charge in [-0.2, -0.15) is 26.0 Å². The molecule has 0 radical (unpaired) electrons. The Kier molecular flexibility index (Phi) is 9.06. The van der Waals surface area contributed by atoms with Gasteiger partial charge >= 0.3 is 34.0 Å². The molecule has 0 bridgehead atoms. The van der Waals surface area contributed by atoms with Crippen molar-refractivity contribution in [3.8, 4) is 0 Å². The average Bonchev–Trinajstić information content (AvgIpc) is 2.53. The van der Waals surface area contributed by atoms with Crippen molar-refractivity contribution in [2.45, 2.75) is 25.4 Å². The van der Waals surface area contributed by atoms with Crippen molar-refractivity contribution in [3.63, 3.8) is 0 Å². The molecule has 0 atom stereocenters. The molecule has 1 heterocycles. The molecule has 1 rings (SSSR count). The number of ether oxygens (including phenoxy) is 2. The molecule has 1 aromatic heterocycles. The predicted molar refractivity (Wildman–Crippen MR) is 73.6 cm³/mol. The first-order valence-corrected chi connectivity index (χ1v) is 7.79. The van der Waals surface area contributed by atoms with Crippen LogP contribution in [0.3, 0.4) is 0 Å². The van der Waals surface area contributed by atoms with Crippen LogP contribution in [0.2, 0.25) is 0 Å². The average molecular weight is 409 g/mol. The maximum atomic E-state index is 11.8. The van der Waals surface area contributed by atoms with Gasteiger partial charge in [0.2, 0.25) is 0 Å². The van der Waals surface area contributed by atoms with Crippen molar-refractivity contribution in [3.05, 3.63) is 29.6 Å². The van der Waals surface area contributed by atoms with Crippen molar-refractivity contribution < 1.29 is 54.0 Å². The SMILES string of the molecule is CCOC(=O)c1cccc(COC(F)F)n1.O=C(O)C(F)(F)S(=O)(=O)F. The lowest BCUT2D eigenvalue weighted by Gasteiger charge is -2.04. The fraction of sp³-hybridized carbons (Fsp3) is 0.417. The van der Waals surface area contributed by atoms with Gasteiger partial charge in [-0.05, 0) is 19.1 Å². The van der Waals surface area contributed by atoms with Gasteiger partial charge in [0.1, 0.15) is 5.69 Å². The standard InChI is InChI=1S/C10H11F2NO3.C2HF3O4S/c1-2-15-9(14)8-5-3-4-7(13-8)6-16-10(11)12;3-2(4,1(6)7)10(5,8)9/h3-5,10H,2,6H2,1H3;(H,6,7). The van der Waals surface area contributed by atoms with E-state index in [1.807, 2.05) is 0 Å². The number of carboxylic acid groups (broad SMARTS) is 1. The van der Waals surface area contributed by atoms with E-state index in [1.165, 1.54) is 18.2 Å². The first-order chi connectivity index (χ1) is 11.8. The quantitative estimate of drug-likeness (QED) is 0.412. The van der Waals surface area contributed by atoms with Crippen LogP contribution in [0.5, 0.6) is 0 Å². The van der Waals surface area contributed by atoms with Crippen LogP contribution < -0.4 is 0 Å². The zero-order valence-electron chi connectivity index (χ0n) is 12.9. The van der Waals surface area contributed by atoms with Gasteiger partial charge in [0.05, 0.1) is 18.9 Å². The van der Waals surface area contributed by atoms with Gasteiger partial charge in [-0.15, -0.1) is 0 Å². The van der Waals surface area contributed by atoms with Crippen molar-refractivity contribution in [2.24, 2.45) is 0 Å². The van der Waals surface area contributed by atoms with Gasteiger partial charge in [-0.1, -0.05) is 9.95 Å². The van der Waals surface area contributed by atoms with Crippen molar-refractivity contribution in [1.29, 1.82) is 0 Å². The highest BCUT2D eigenvalue weighted by Crippen LogP contribution is 2.22. The number of carbonyl (C=O) groups is 2. The van der Waals surface area contributed by atoms with Crippen LogP contribution in [0.1, 0.15) is 23.1 Å². The third kappa shape index (κ3) is 7.69. The summed E-state index contributed by atoms with van der Waals surface area (Å²) in [5, 5.41) is 2.07. The number of hydrogen-bond donors (Lipinski definition) is 1. The number of halogens is 5. The molecule has 8 nitrogen and oxygen atoms in total.